The molecule has 0 saturated heterocycles. The number of rotatable bonds is 3. The molecule has 3 atom stereocenters. The van der Waals surface area contributed by atoms with Gasteiger partial charge in [-0.3, -0.25) is 4.79 Å². The van der Waals surface area contributed by atoms with Crippen molar-refractivity contribution >= 4 is 5.91 Å². The van der Waals surface area contributed by atoms with Crippen LogP contribution in [0, 0.1) is 11.8 Å². The van der Waals surface area contributed by atoms with Crippen LogP contribution >= 0.6 is 0 Å². The standard InChI is InChI=1S/C16H25N3O2/c20-10-13-4-2-1-3-5-15(13)18-16(21)12-6-7-19-11-17-9-14(19)8-12/h9,11-13,15,20H,1-8,10H2,(H,18,21). The molecule has 21 heavy (non-hydrogen) atoms. The Labute approximate surface area is 125 Å². The molecule has 0 spiro atoms. The predicted molar refractivity (Wildman–Crippen MR) is 79.6 cm³/mol. The van der Waals surface area contributed by atoms with E-state index in [2.05, 4.69) is 14.9 Å². The highest BCUT2D eigenvalue weighted by Gasteiger charge is 2.29. The Morgan fingerprint density at radius 1 is 1.33 bits per heavy atom. The molecule has 1 aliphatic heterocycles. The molecule has 5 heteroatoms. The van der Waals surface area contributed by atoms with Crippen molar-refractivity contribution in [3.05, 3.63) is 18.2 Å². The Kier molecular flexibility index (Phi) is 4.58. The quantitative estimate of drug-likeness (QED) is 0.829. The number of fused-ring (bicyclic) bond motifs is 1. The SMILES string of the molecule is O=C(NC1CCCCCC1CO)C1CCn2cncc2C1. The van der Waals surface area contributed by atoms with E-state index < -0.39 is 0 Å². The van der Waals surface area contributed by atoms with E-state index in [-0.39, 0.29) is 30.4 Å². The number of nitrogens with one attached hydrogen (secondary N) is 1. The van der Waals surface area contributed by atoms with E-state index in [1.165, 1.54) is 12.8 Å². The topological polar surface area (TPSA) is 67.2 Å². The summed E-state index contributed by atoms with van der Waals surface area (Å²) in [6, 6.07) is 0.150. The molecule has 1 aromatic heterocycles. The zero-order valence-corrected chi connectivity index (χ0v) is 12.5. The second-order valence-electron chi connectivity index (χ2n) is 6.46. The molecule has 1 aromatic rings. The molecular weight excluding hydrogens is 266 g/mol. The van der Waals surface area contributed by atoms with Crippen LogP contribution in [0.2, 0.25) is 0 Å². The van der Waals surface area contributed by atoms with Crippen molar-refractivity contribution in [1.82, 2.24) is 14.9 Å². The summed E-state index contributed by atoms with van der Waals surface area (Å²) in [7, 11) is 0. The van der Waals surface area contributed by atoms with Crippen LogP contribution in [0.15, 0.2) is 12.5 Å². The number of hydrogen-bond acceptors (Lipinski definition) is 3. The third kappa shape index (κ3) is 3.28. The number of imidazole rings is 1. The molecule has 1 saturated carbocycles. The zero-order chi connectivity index (χ0) is 14.7. The van der Waals surface area contributed by atoms with E-state index in [1.807, 2.05) is 12.5 Å². The normalized spacial score (nSPS) is 29.5. The van der Waals surface area contributed by atoms with Gasteiger partial charge in [0.25, 0.3) is 0 Å². The fourth-order valence-electron chi connectivity index (χ4n) is 3.69. The number of carbonyl (C=O) groups excluding carboxylic acids is 1. The van der Waals surface area contributed by atoms with Crippen molar-refractivity contribution in [1.29, 1.82) is 0 Å². The Hall–Kier alpha value is -1.36. The first-order chi connectivity index (χ1) is 10.3. The summed E-state index contributed by atoms with van der Waals surface area (Å²) in [4.78, 5) is 16.7. The first-order valence-electron chi connectivity index (χ1n) is 8.18. The molecular formula is C16H25N3O2. The van der Waals surface area contributed by atoms with Crippen molar-refractivity contribution in [2.24, 2.45) is 11.8 Å². The fourth-order valence-corrected chi connectivity index (χ4v) is 3.69. The smallest absolute Gasteiger partial charge is 0.223 e. The summed E-state index contributed by atoms with van der Waals surface area (Å²) in [5.74, 6) is 0.440. The van der Waals surface area contributed by atoms with Gasteiger partial charge in [-0.2, -0.15) is 0 Å². The van der Waals surface area contributed by atoms with Crippen molar-refractivity contribution in [2.45, 2.75) is 57.5 Å². The summed E-state index contributed by atoms with van der Waals surface area (Å²) in [5.41, 5.74) is 1.15. The maximum absolute atomic E-state index is 12.5. The summed E-state index contributed by atoms with van der Waals surface area (Å²) in [6.45, 7) is 1.06. The molecule has 1 fully saturated rings. The van der Waals surface area contributed by atoms with Gasteiger partial charge in [0, 0.05) is 49.3 Å². The Bertz CT molecular complexity index is 486. The lowest BCUT2D eigenvalue weighted by molar-refractivity contribution is -0.126. The third-order valence-corrected chi connectivity index (χ3v) is 5.06. The molecule has 0 radical (unpaired) electrons. The molecule has 2 N–H and O–H groups in total. The molecule has 0 bridgehead atoms. The van der Waals surface area contributed by atoms with E-state index in [0.717, 1.165) is 44.3 Å². The average molecular weight is 291 g/mol. The molecule has 1 amide bonds. The minimum Gasteiger partial charge on any atom is -0.396 e. The van der Waals surface area contributed by atoms with E-state index in [0.29, 0.717) is 0 Å². The van der Waals surface area contributed by atoms with Crippen LogP contribution in [0.3, 0.4) is 0 Å². The summed E-state index contributed by atoms with van der Waals surface area (Å²) in [5, 5.41) is 12.8. The van der Waals surface area contributed by atoms with Crippen molar-refractivity contribution < 1.29 is 9.90 Å². The van der Waals surface area contributed by atoms with E-state index in [9.17, 15) is 9.90 Å². The average Bonchev–Trinajstić information content (AvgIpc) is 2.86. The molecule has 0 aromatic carbocycles. The van der Waals surface area contributed by atoms with Crippen LogP contribution in [-0.2, 0) is 17.8 Å². The highest BCUT2D eigenvalue weighted by atomic mass is 16.3. The predicted octanol–water partition coefficient (Wildman–Crippen LogP) is 1.50. The number of nitrogens with zero attached hydrogens (tertiary/aromatic N) is 2. The Morgan fingerprint density at radius 2 is 2.19 bits per heavy atom. The first-order valence-corrected chi connectivity index (χ1v) is 8.18. The second kappa shape index (κ2) is 6.60. The van der Waals surface area contributed by atoms with Gasteiger partial charge in [-0.1, -0.05) is 19.3 Å². The van der Waals surface area contributed by atoms with Gasteiger partial charge in [0.2, 0.25) is 5.91 Å². The molecule has 2 heterocycles. The van der Waals surface area contributed by atoms with Gasteiger partial charge in [0.1, 0.15) is 0 Å². The molecule has 2 aliphatic rings. The highest BCUT2D eigenvalue weighted by Crippen LogP contribution is 2.25. The summed E-state index contributed by atoms with van der Waals surface area (Å²) in [6.07, 6.45) is 10.9. The lowest BCUT2D eigenvalue weighted by Crippen LogP contribution is -2.45. The molecule has 5 nitrogen and oxygen atoms in total. The maximum atomic E-state index is 12.5. The summed E-state index contributed by atoms with van der Waals surface area (Å²) < 4.78 is 2.13. The van der Waals surface area contributed by atoms with Crippen LogP contribution in [0.25, 0.3) is 0 Å². The van der Waals surface area contributed by atoms with Gasteiger partial charge in [0.15, 0.2) is 0 Å². The number of hydrogen-bond donors (Lipinski definition) is 2. The molecule has 116 valence electrons. The van der Waals surface area contributed by atoms with Crippen LogP contribution < -0.4 is 5.32 Å². The van der Waals surface area contributed by atoms with Crippen molar-refractivity contribution in [3.63, 3.8) is 0 Å². The minimum atomic E-state index is 0.0526. The van der Waals surface area contributed by atoms with Gasteiger partial charge >= 0.3 is 0 Å². The largest absolute Gasteiger partial charge is 0.396 e. The number of carbonyl (C=O) groups is 1. The maximum Gasteiger partial charge on any atom is 0.223 e. The van der Waals surface area contributed by atoms with E-state index >= 15 is 0 Å². The monoisotopic (exact) mass is 291 g/mol. The molecule has 1 aliphatic carbocycles. The van der Waals surface area contributed by atoms with Crippen LogP contribution in [-0.4, -0.2) is 33.2 Å². The molecule has 3 unspecified atom stereocenters. The van der Waals surface area contributed by atoms with Gasteiger partial charge in [-0.05, 0) is 19.3 Å². The van der Waals surface area contributed by atoms with Gasteiger partial charge < -0.3 is 15.0 Å². The van der Waals surface area contributed by atoms with Crippen LogP contribution in [0.1, 0.15) is 44.2 Å². The van der Waals surface area contributed by atoms with Crippen molar-refractivity contribution in [3.8, 4) is 0 Å². The zero-order valence-electron chi connectivity index (χ0n) is 12.5. The first kappa shape index (κ1) is 14.6. The van der Waals surface area contributed by atoms with Gasteiger partial charge in [-0.25, -0.2) is 4.98 Å². The van der Waals surface area contributed by atoms with E-state index in [1.54, 1.807) is 0 Å². The van der Waals surface area contributed by atoms with Crippen LogP contribution in [0.5, 0.6) is 0 Å². The Balaban J connectivity index is 1.60. The third-order valence-electron chi connectivity index (χ3n) is 5.06. The van der Waals surface area contributed by atoms with Gasteiger partial charge in [-0.15, -0.1) is 0 Å². The number of aliphatic hydroxyl groups excluding tert-OH is 1. The highest BCUT2D eigenvalue weighted by molar-refractivity contribution is 5.79. The number of amides is 1. The number of aliphatic hydroxyl groups is 1. The van der Waals surface area contributed by atoms with Gasteiger partial charge in [0.05, 0.1) is 6.33 Å². The second-order valence-corrected chi connectivity index (χ2v) is 6.46. The van der Waals surface area contributed by atoms with Crippen molar-refractivity contribution in [2.75, 3.05) is 6.61 Å². The number of aryl methyl sites for hydroxylation is 1. The minimum absolute atomic E-state index is 0.0526. The number of aromatic nitrogens is 2. The lowest BCUT2D eigenvalue weighted by Gasteiger charge is -2.28. The summed E-state index contributed by atoms with van der Waals surface area (Å²) >= 11 is 0. The molecule has 3 rings (SSSR count). The van der Waals surface area contributed by atoms with Crippen LogP contribution in [0.4, 0.5) is 0 Å². The fraction of sp³-hybridized carbons (Fsp3) is 0.750. The lowest BCUT2D eigenvalue weighted by atomic mass is 9.92. The van der Waals surface area contributed by atoms with E-state index in [4.69, 9.17) is 0 Å². The Morgan fingerprint density at radius 3 is 3.05 bits per heavy atom.